The second-order valence-corrected chi connectivity index (χ2v) is 3.54. The Kier molecular flexibility index (Phi) is 4.12. The summed E-state index contributed by atoms with van der Waals surface area (Å²) < 4.78 is 2.05. The normalized spacial score (nSPS) is 12.1. The van der Waals surface area contributed by atoms with Crippen LogP contribution in [-0.2, 0) is 0 Å². The highest BCUT2D eigenvalue weighted by Crippen LogP contribution is 2.08. The number of hydrogen-bond acceptors (Lipinski definition) is 1. The van der Waals surface area contributed by atoms with E-state index in [1.807, 2.05) is 31.3 Å². The van der Waals surface area contributed by atoms with Crippen LogP contribution in [0.5, 0.6) is 0 Å². The van der Waals surface area contributed by atoms with Crippen molar-refractivity contribution in [3.8, 4) is 6.07 Å². The molecule has 0 radical (unpaired) electrons. The van der Waals surface area contributed by atoms with Crippen molar-refractivity contribution in [1.82, 2.24) is 0 Å². The topological polar surface area (TPSA) is 27.7 Å². The van der Waals surface area contributed by atoms with E-state index in [4.69, 9.17) is 5.26 Å². The van der Waals surface area contributed by atoms with Gasteiger partial charge in [0, 0.05) is 25.5 Å². The Morgan fingerprint density at radius 3 is 2.86 bits per heavy atom. The molecule has 0 fully saturated rings. The molecule has 0 spiro atoms. The minimum Gasteiger partial charge on any atom is -0.191 e. The van der Waals surface area contributed by atoms with Crippen molar-refractivity contribution in [3.05, 3.63) is 30.1 Å². The van der Waals surface area contributed by atoms with Crippen LogP contribution >= 0.6 is 0 Å². The van der Waals surface area contributed by atoms with E-state index in [1.165, 1.54) is 0 Å². The summed E-state index contributed by atoms with van der Waals surface area (Å²) in [4.78, 5) is 0. The molecular formula is C12H17N2+. The van der Waals surface area contributed by atoms with Crippen molar-refractivity contribution in [2.24, 2.45) is 0 Å². The Bertz CT molecular complexity index is 325. The number of nitrogens with zero attached hydrogens (tertiary/aromatic N) is 2. The zero-order valence-electron chi connectivity index (χ0n) is 8.90. The highest BCUT2D eigenvalue weighted by atomic mass is 15.0. The second kappa shape index (κ2) is 5.39. The van der Waals surface area contributed by atoms with Crippen molar-refractivity contribution in [3.63, 3.8) is 0 Å². The number of rotatable bonds is 4. The highest BCUT2D eigenvalue weighted by molar-refractivity contribution is 4.96. The van der Waals surface area contributed by atoms with E-state index in [1.54, 1.807) is 0 Å². The maximum absolute atomic E-state index is 9.06. The third-order valence-electron chi connectivity index (χ3n) is 2.42. The summed E-state index contributed by atoms with van der Waals surface area (Å²) in [7, 11) is 0. The quantitative estimate of drug-likeness (QED) is 0.669. The van der Waals surface area contributed by atoms with Gasteiger partial charge in [-0.15, -0.1) is 0 Å². The van der Waals surface area contributed by atoms with Crippen molar-refractivity contribution >= 4 is 0 Å². The Morgan fingerprint density at radius 1 is 1.50 bits per heavy atom. The smallest absolute Gasteiger partial charge is 0.191 e. The average molecular weight is 189 g/mol. The van der Waals surface area contributed by atoms with Crippen molar-refractivity contribution < 1.29 is 4.57 Å². The van der Waals surface area contributed by atoms with Crippen LogP contribution in [-0.4, -0.2) is 0 Å². The molecule has 0 saturated carbocycles. The summed E-state index contributed by atoms with van der Waals surface area (Å²) in [5.41, 5.74) is 1.15. The van der Waals surface area contributed by atoms with Crippen LogP contribution in [0.15, 0.2) is 24.4 Å². The summed E-state index contributed by atoms with van der Waals surface area (Å²) in [5.74, 6) is 0. The molecule has 74 valence electrons. The fourth-order valence-electron chi connectivity index (χ4n) is 1.55. The van der Waals surface area contributed by atoms with Gasteiger partial charge in [-0.3, -0.25) is 0 Å². The molecule has 1 aromatic heterocycles. The van der Waals surface area contributed by atoms with Crippen molar-refractivity contribution in [2.75, 3.05) is 0 Å². The SMILES string of the molecule is CCCCC(C#N)[n+]1ccccc1C. The van der Waals surface area contributed by atoms with Gasteiger partial charge in [-0.2, -0.15) is 9.83 Å². The van der Waals surface area contributed by atoms with Gasteiger partial charge in [-0.05, 0) is 6.42 Å². The molecule has 1 rings (SSSR count). The summed E-state index contributed by atoms with van der Waals surface area (Å²) in [6.45, 7) is 4.19. The first-order chi connectivity index (χ1) is 6.79. The van der Waals surface area contributed by atoms with Crippen LogP contribution in [0.3, 0.4) is 0 Å². The lowest BCUT2D eigenvalue weighted by atomic mass is 10.1. The first kappa shape index (κ1) is 10.7. The van der Waals surface area contributed by atoms with E-state index in [0.29, 0.717) is 0 Å². The van der Waals surface area contributed by atoms with Crippen LogP contribution in [0, 0.1) is 18.3 Å². The van der Waals surface area contributed by atoms with Crippen LogP contribution in [0.2, 0.25) is 0 Å². The molecule has 0 aliphatic heterocycles. The van der Waals surface area contributed by atoms with E-state index < -0.39 is 0 Å². The monoisotopic (exact) mass is 189 g/mol. The van der Waals surface area contributed by atoms with E-state index >= 15 is 0 Å². The van der Waals surface area contributed by atoms with Gasteiger partial charge in [0.25, 0.3) is 0 Å². The van der Waals surface area contributed by atoms with Gasteiger partial charge in [0.1, 0.15) is 6.07 Å². The predicted molar refractivity (Wildman–Crippen MR) is 55.5 cm³/mol. The second-order valence-electron chi connectivity index (χ2n) is 3.54. The van der Waals surface area contributed by atoms with Gasteiger partial charge in [0.2, 0.25) is 6.04 Å². The lowest BCUT2D eigenvalue weighted by Crippen LogP contribution is -2.41. The zero-order chi connectivity index (χ0) is 10.4. The Morgan fingerprint density at radius 2 is 2.29 bits per heavy atom. The Labute approximate surface area is 85.8 Å². The molecule has 2 heteroatoms. The molecule has 0 aliphatic rings. The van der Waals surface area contributed by atoms with E-state index in [-0.39, 0.29) is 6.04 Å². The number of pyridine rings is 1. The molecule has 0 aromatic carbocycles. The fraction of sp³-hybridized carbons (Fsp3) is 0.500. The fourth-order valence-corrected chi connectivity index (χ4v) is 1.55. The first-order valence-electron chi connectivity index (χ1n) is 5.16. The standard InChI is InChI=1S/C12H17N2/c1-3-4-8-12(10-13)14-9-6-5-7-11(14)2/h5-7,9,12H,3-4,8H2,1-2H3/q+1. The van der Waals surface area contributed by atoms with Gasteiger partial charge in [0.15, 0.2) is 11.9 Å². The van der Waals surface area contributed by atoms with Crippen molar-refractivity contribution in [1.29, 1.82) is 5.26 Å². The van der Waals surface area contributed by atoms with Crippen LogP contribution in [0.25, 0.3) is 0 Å². The first-order valence-corrected chi connectivity index (χ1v) is 5.16. The van der Waals surface area contributed by atoms with E-state index in [2.05, 4.69) is 17.6 Å². The lowest BCUT2D eigenvalue weighted by Gasteiger charge is -2.05. The van der Waals surface area contributed by atoms with Gasteiger partial charge < -0.3 is 0 Å². The van der Waals surface area contributed by atoms with Crippen molar-refractivity contribution in [2.45, 2.75) is 39.2 Å². The average Bonchev–Trinajstić information content (AvgIpc) is 2.21. The van der Waals surface area contributed by atoms with Gasteiger partial charge in [-0.1, -0.05) is 19.4 Å². The number of unbranched alkanes of at least 4 members (excludes halogenated alkanes) is 1. The summed E-state index contributed by atoms with van der Waals surface area (Å²) in [6.07, 6.45) is 5.19. The summed E-state index contributed by atoms with van der Waals surface area (Å²) in [5, 5.41) is 9.06. The Balaban J connectivity index is 2.80. The van der Waals surface area contributed by atoms with E-state index in [0.717, 1.165) is 25.0 Å². The van der Waals surface area contributed by atoms with Gasteiger partial charge in [0.05, 0.1) is 0 Å². The molecule has 1 atom stereocenters. The molecule has 0 amide bonds. The Hall–Kier alpha value is -1.36. The third-order valence-corrected chi connectivity index (χ3v) is 2.42. The number of hydrogen-bond donors (Lipinski definition) is 0. The molecule has 1 unspecified atom stereocenters. The molecule has 1 aromatic rings. The van der Waals surface area contributed by atoms with Gasteiger partial charge >= 0.3 is 0 Å². The van der Waals surface area contributed by atoms with Crippen LogP contribution in [0.4, 0.5) is 0 Å². The molecule has 14 heavy (non-hydrogen) atoms. The maximum Gasteiger partial charge on any atom is 0.243 e. The molecule has 0 aliphatic carbocycles. The minimum atomic E-state index is -0.00356. The predicted octanol–water partition coefficient (Wildman–Crippen LogP) is 2.54. The largest absolute Gasteiger partial charge is 0.243 e. The molecule has 2 nitrogen and oxygen atoms in total. The third kappa shape index (κ3) is 2.56. The number of nitriles is 1. The van der Waals surface area contributed by atoms with E-state index in [9.17, 15) is 0 Å². The molecule has 0 N–H and O–H groups in total. The molecule has 1 heterocycles. The summed E-state index contributed by atoms with van der Waals surface area (Å²) >= 11 is 0. The van der Waals surface area contributed by atoms with Crippen LogP contribution < -0.4 is 4.57 Å². The zero-order valence-corrected chi connectivity index (χ0v) is 8.90. The number of aromatic nitrogens is 1. The van der Waals surface area contributed by atoms with Crippen LogP contribution in [0.1, 0.15) is 37.9 Å². The highest BCUT2D eigenvalue weighted by Gasteiger charge is 2.18. The number of aryl methyl sites for hydroxylation is 1. The van der Waals surface area contributed by atoms with Gasteiger partial charge in [-0.25, -0.2) is 0 Å². The molecular weight excluding hydrogens is 172 g/mol. The lowest BCUT2D eigenvalue weighted by molar-refractivity contribution is -0.716. The summed E-state index contributed by atoms with van der Waals surface area (Å²) in [6, 6.07) is 8.37. The molecule has 0 bridgehead atoms. The molecule has 0 saturated heterocycles. The minimum absolute atomic E-state index is 0.00356. The maximum atomic E-state index is 9.06.